The number of nitrogens with zero attached hydrogens (tertiary/aromatic N) is 3. The van der Waals surface area contributed by atoms with Crippen LogP contribution >= 0.6 is 15.9 Å². The number of H-pyrrole nitrogens is 1. The largest absolute Gasteiger partial charge is 0.349 e. The average Bonchev–Trinajstić information content (AvgIpc) is 2.86. The lowest BCUT2D eigenvalue weighted by Crippen LogP contribution is -2.38. The molecule has 1 N–H and O–H groups in total. The first-order chi connectivity index (χ1) is 8.59. The van der Waals surface area contributed by atoms with Gasteiger partial charge in [0.2, 0.25) is 5.91 Å². The van der Waals surface area contributed by atoms with E-state index in [0.29, 0.717) is 10.3 Å². The Balaban J connectivity index is 2.07. The van der Waals surface area contributed by atoms with Gasteiger partial charge in [-0.1, -0.05) is 0 Å². The molecule has 18 heavy (non-hydrogen) atoms. The standard InChI is InChI=1S/C11H15BrN4O2/c1-15(6-8(17)16-4-2-3-5-16)10-9(12)11(18)14-7-13-10/h7H,2-6H2,1H3,(H,13,14,18). The van der Waals surface area contributed by atoms with Crippen LogP contribution in [0.4, 0.5) is 5.82 Å². The van der Waals surface area contributed by atoms with E-state index in [1.807, 2.05) is 4.90 Å². The third-order valence-corrected chi connectivity index (χ3v) is 3.69. The summed E-state index contributed by atoms with van der Waals surface area (Å²) in [6.07, 6.45) is 3.48. The molecule has 1 aromatic heterocycles. The first-order valence-electron chi connectivity index (χ1n) is 5.81. The van der Waals surface area contributed by atoms with Crippen LogP contribution < -0.4 is 10.5 Å². The number of aromatic amines is 1. The van der Waals surface area contributed by atoms with Crippen molar-refractivity contribution in [2.45, 2.75) is 12.8 Å². The summed E-state index contributed by atoms with van der Waals surface area (Å²) in [7, 11) is 1.75. The van der Waals surface area contributed by atoms with E-state index in [1.165, 1.54) is 6.33 Å². The molecular weight excluding hydrogens is 300 g/mol. The van der Waals surface area contributed by atoms with Crippen LogP contribution in [-0.4, -0.2) is 47.5 Å². The van der Waals surface area contributed by atoms with E-state index in [1.54, 1.807) is 11.9 Å². The lowest BCUT2D eigenvalue weighted by Gasteiger charge is -2.22. The number of halogens is 1. The molecule has 0 atom stereocenters. The van der Waals surface area contributed by atoms with Crippen LogP contribution in [0.15, 0.2) is 15.6 Å². The second-order valence-electron chi connectivity index (χ2n) is 4.31. The van der Waals surface area contributed by atoms with Gasteiger partial charge in [-0.2, -0.15) is 0 Å². The predicted molar refractivity (Wildman–Crippen MR) is 71.6 cm³/mol. The molecule has 0 radical (unpaired) electrons. The van der Waals surface area contributed by atoms with Gasteiger partial charge in [-0.3, -0.25) is 9.59 Å². The van der Waals surface area contributed by atoms with E-state index < -0.39 is 0 Å². The van der Waals surface area contributed by atoms with E-state index in [2.05, 4.69) is 25.9 Å². The highest BCUT2D eigenvalue weighted by Crippen LogP contribution is 2.17. The summed E-state index contributed by atoms with van der Waals surface area (Å²) in [5.41, 5.74) is -0.250. The fraction of sp³-hybridized carbons (Fsp3) is 0.545. The van der Waals surface area contributed by atoms with Gasteiger partial charge >= 0.3 is 0 Å². The normalized spacial score (nSPS) is 14.9. The van der Waals surface area contributed by atoms with Gasteiger partial charge < -0.3 is 14.8 Å². The maximum atomic E-state index is 12.0. The van der Waals surface area contributed by atoms with Crippen LogP contribution in [0.25, 0.3) is 0 Å². The van der Waals surface area contributed by atoms with Crippen molar-refractivity contribution in [3.8, 4) is 0 Å². The number of amides is 1. The van der Waals surface area contributed by atoms with Gasteiger partial charge in [0.05, 0.1) is 12.9 Å². The summed E-state index contributed by atoms with van der Waals surface area (Å²) in [4.78, 5) is 33.5. The zero-order chi connectivity index (χ0) is 13.1. The number of anilines is 1. The number of carbonyl (C=O) groups is 1. The second-order valence-corrected chi connectivity index (χ2v) is 5.11. The molecule has 0 aromatic carbocycles. The summed E-state index contributed by atoms with van der Waals surface area (Å²) < 4.78 is 0.349. The lowest BCUT2D eigenvalue weighted by molar-refractivity contribution is -0.128. The molecule has 6 nitrogen and oxygen atoms in total. The van der Waals surface area contributed by atoms with Crippen molar-refractivity contribution >= 4 is 27.7 Å². The number of likely N-dealkylation sites (tertiary alicyclic amines) is 1. The molecule has 0 unspecified atom stereocenters. The number of aromatic nitrogens is 2. The molecule has 98 valence electrons. The number of hydrogen-bond acceptors (Lipinski definition) is 4. The van der Waals surface area contributed by atoms with Crippen molar-refractivity contribution in [3.63, 3.8) is 0 Å². The van der Waals surface area contributed by atoms with E-state index in [0.717, 1.165) is 25.9 Å². The maximum absolute atomic E-state index is 12.0. The summed E-state index contributed by atoms with van der Waals surface area (Å²) in [5, 5.41) is 0. The number of hydrogen-bond donors (Lipinski definition) is 1. The van der Waals surface area contributed by atoms with E-state index in [4.69, 9.17) is 0 Å². The third-order valence-electron chi connectivity index (χ3n) is 2.97. The number of rotatable bonds is 3. The minimum atomic E-state index is -0.250. The Bertz CT molecular complexity index is 496. The number of likely N-dealkylation sites (N-methyl/N-ethyl adjacent to an activating group) is 1. The maximum Gasteiger partial charge on any atom is 0.267 e. The van der Waals surface area contributed by atoms with E-state index >= 15 is 0 Å². The molecule has 0 aliphatic carbocycles. The number of carbonyl (C=O) groups excluding carboxylic acids is 1. The van der Waals surface area contributed by atoms with Gasteiger partial charge in [0.15, 0.2) is 5.82 Å². The average molecular weight is 315 g/mol. The summed E-state index contributed by atoms with van der Waals surface area (Å²) in [6, 6.07) is 0. The first kappa shape index (κ1) is 13.1. The molecule has 2 rings (SSSR count). The third kappa shape index (κ3) is 2.72. The Morgan fingerprint density at radius 1 is 1.56 bits per heavy atom. The summed E-state index contributed by atoms with van der Waals surface area (Å²) in [5.74, 6) is 0.551. The monoisotopic (exact) mass is 314 g/mol. The molecule has 1 saturated heterocycles. The minimum Gasteiger partial charge on any atom is -0.349 e. The molecule has 1 fully saturated rings. The Hall–Kier alpha value is -1.37. The summed E-state index contributed by atoms with van der Waals surface area (Å²) >= 11 is 3.18. The molecule has 1 aromatic rings. The van der Waals surface area contributed by atoms with Crippen molar-refractivity contribution < 1.29 is 4.79 Å². The minimum absolute atomic E-state index is 0.0731. The highest BCUT2D eigenvalue weighted by atomic mass is 79.9. The Morgan fingerprint density at radius 3 is 2.89 bits per heavy atom. The van der Waals surface area contributed by atoms with E-state index in [-0.39, 0.29) is 18.0 Å². The molecule has 7 heteroatoms. The molecule has 0 bridgehead atoms. The molecule has 0 saturated carbocycles. The molecule has 1 aliphatic rings. The van der Waals surface area contributed by atoms with Crippen LogP contribution in [0.5, 0.6) is 0 Å². The van der Waals surface area contributed by atoms with Gasteiger partial charge in [-0.05, 0) is 28.8 Å². The first-order valence-corrected chi connectivity index (χ1v) is 6.61. The van der Waals surface area contributed by atoms with Crippen molar-refractivity contribution in [1.29, 1.82) is 0 Å². The zero-order valence-corrected chi connectivity index (χ0v) is 11.7. The van der Waals surface area contributed by atoms with Gasteiger partial charge in [-0.15, -0.1) is 0 Å². The fourth-order valence-corrected chi connectivity index (χ4v) is 2.50. The zero-order valence-electron chi connectivity index (χ0n) is 10.1. The highest BCUT2D eigenvalue weighted by Gasteiger charge is 2.20. The number of nitrogens with one attached hydrogen (secondary N) is 1. The molecule has 1 aliphatic heterocycles. The van der Waals surface area contributed by atoms with Crippen LogP contribution in [-0.2, 0) is 4.79 Å². The second kappa shape index (κ2) is 5.51. The highest BCUT2D eigenvalue weighted by molar-refractivity contribution is 9.10. The van der Waals surface area contributed by atoms with Crippen LogP contribution in [0.3, 0.4) is 0 Å². The summed E-state index contributed by atoms with van der Waals surface area (Å²) in [6.45, 7) is 1.89. The Morgan fingerprint density at radius 2 is 2.22 bits per heavy atom. The SMILES string of the molecule is CN(CC(=O)N1CCCC1)c1nc[nH]c(=O)c1Br. The quantitative estimate of drug-likeness (QED) is 0.886. The van der Waals surface area contributed by atoms with Crippen molar-refractivity contribution in [2.24, 2.45) is 0 Å². The Kier molecular flexibility index (Phi) is 4.00. The van der Waals surface area contributed by atoms with Crippen molar-refractivity contribution in [3.05, 3.63) is 21.2 Å². The van der Waals surface area contributed by atoms with E-state index in [9.17, 15) is 9.59 Å². The van der Waals surface area contributed by atoms with Gasteiger partial charge in [-0.25, -0.2) is 4.98 Å². The Labute approximate surface area is 113 Å². The van der Waals surface area contributed by atoms with Crippen LogP contribution in [0, 0.1) is 0 Å². The smallest absolute Gasteiger partial charge is 0.267 e. The topological polar surface area (TPSA) is 69.3 Å². The van der Waals surface area contributed by atoms with Crippen molar-refractivity contribution in [1.82, 2.24) is 14.9 Å². The fourth-order valence-electron chi connectivity index (χ4n) is 1.98. The molecular formula is C11H15BrN4O2. The molecule has 1 amide bonds. The van der Waals surface area contributed by atoms with Crippen LogP contribution in [0.2, 0.25) is 0 Å². The van der Waals surface area contributed by atoms with Gasteiger partial charge in [0, 0.05) is 20.1 Å². The lowest BCUT2D eigenvalue weighted by atomic mass is 10.4. The van der Waals surface area contributed by atoms with Crippen molar-refractivity contribution in [2.75, 3.05) is 31.6 Å². The molecule has 0 spiro atoms. The molecule has 2 heterocycles. The van der Waals surface area contributed by atoms with Crippen LogP contribution in [0.1, 0.15) is 12.8 Å². The van der Waals surface area contributed by atoms with Gasteiger partial charge in [0.25, 0.3) is 5.56 Å². The van der Waals surface area contributed by atoms with Gasteiger partial charge in [0.1, 0.15) is 4.47 Å². The predicted octanol–water partition coefficient (Wildman–Crippen LogP) is 0.591.